The van der Waals surface area contributed by atoms with E-state index in [0.717, 1.165) is 17.4 Å². The highest BCUT2D eigenvalue weighted by Gasteiger charge is 2.60. The summed E-state index contributed by atoms with van der Waals surface area (Å²) in [5.41, 5.74) is 0.111. The number of amides is 3. The van der Waals surface area contributed by atoms with Gasteiger partial charge in [0.05, 0.1) is 22.5 Å². The lowest BCUT2D eigenvalue weighted by Crippen LogP contribution is -2.68. The second-order valence-corrected chi connectivity index (χ2v) is 10.4. The fourth-order valence-corrected chi connectivity index (χ4v) is 6.16. The summed E-state index contributed by atoms with van der Waals surface area (Å²) in [7, 11) is 0. The largest absolute Gasteiger partial charge is 0.356 e. The molecule has 4 fully saturated rings. The van der Waals surface area contributed by atoms with E-state index in [1.54, 1.807) is 0 Å². The van der Waals surface area contributed by atoms with Gasteiger partial charge in [-0.3, -0.25) is 14.4 Å². The fraction of sp³-hybridized carbons (Fsp3) is 0.520. The van der Waals surface area contributed by atoms with Gasteiger partial charge < -0.3 is 20.5 Å². The van der Waals surface area contributed by atoms with Crippen LogP contribution < -0.4 is 10.6 Å². The molecule has 3 N–H and O–H groups in total. The number of aromatic nitrogens is 1. The first-order valence-electron chi connectivity index (χ1n) is 12.3. The van der Waals surface area contributed by atoms with Gasteiger partial charge in [-0.1, -0.05) is 11.6 Å². The van der Waals surface area contributed by atoms with Crippen LogP contribution in [0.4, 0.5) is 13.2 Å². The molecule has 4 heterocycles. The molecule has 1 aromatic carbocycles. The summed E-state index contributed by atoms with van der Waals surface area (Å²) in [6.07, 6.45) is 1.06. The number of hydrogen-bond donors (Lipinski definition) is 3. The van der Waals surface area contributed by atoms with Crippen LogP contribution in [0.1, 0.15) is 49.0 Å². The molecule has 6 rings (SSSR count). The molecule has 0 spiro atoms. The van der Waals surface area contributed by atoms with E-state index in [2.05, 4.69) is 15.6 Å². The number of carbonyl (C=O) groups excluding carboxylic acids is 3. The molecule has 1 aromatic heterocycles. The predicted molar refractivity (Wildman–Crippen MR) is 127 cm³/mol. The SMILES string of the molecule is N#CC(CC1CCCNC1=O)NC(=O)C1C2CCC(CC2(F)F)N1C(=O)c1cc2c(F)ccc(Cl)c2[nH]1. The second-order valence-electron chi connectivity index (χ2n) is 10.0. The van der Waals surface area contributed by atoms with Crippen molar-refractivity contribution < 1.29 is 27.6 Å². The molecule has 2 aromatic rings. The van der Waals surface area contributed by atoms with Crippen LogP contribution in [0.25, 0.3) is 10.9 Å². The van der Waals surface area contributed by atoms with Crippen LogP contribution in [0.15, 0.2) is 18.2 Å². The Hall–Kier alpha value is -3.26. The van der Waals surface area contributed by atoms with Gasteiger partial charge in [-0.05, 0) is 50.3 Å². The molecule has 5 unspecified atom stereocenters. The number of nitriles is 1. The molecule has 1 aliphatic carbocycles. The molecule has 0 radical (unpaired) electrons. The van der Waals surface area contributed by atoms with Gasteiger partial charge in [-0.2, -0.15) is 5.26 Å². The molecule has 196 valence electrons. The highest BCUT2D eigenvalue weighted by molar-refractivity contribution is 6.35. The third-order valence-corrected chi connectivity index (χ3v) is 8.07. The van der Waals surface area contributed by atoms with E-state index in [4.69, 9.17) is 11.6 Å². The zero-order valence-electron chi connectivity index (χ0n) is 19.7. The monoisotopic (exact) mass is 535 g/mol. The fourth-order valence-electron chi connectivity index (χ4n) is 5.95. The average Bonchev–Trinajstić information content (AvgIpc) is 3.33. The van der Waals surface area contributed by atoms with Crippen molar-refractivity contribution in [1.29, 1.82) is 5.26 Å². The first-order valence-corrected chi connectivity index (χ1v) is 12.6. The van der Waals surface area contributed by atoms with Crippen LogP contribution in [0.5, 0.6) is 0 Å². The molecule has 3 aliphatic heterocycles. The van der Waals surface area contributed by atoms with Crippen LogP contribution in [0, 0.1) is 29.0 Å². The number of benzene rings is 1. The van der Waals surface area contributed by atoms with E-state index in [1.165, 1.54) is 12.1 Å². The van der Waals surface area contributed by atoms with Crippen LogP contribution in [-0.4, -0.2) is 58.2 Å². The summed E-state index contributed by atoms with van der Waals surface area (Å²) in [6.45, 7) is 0.541. The molecule has 1 saturated carbocycles. The third kappa shape index (κ3) is 4.52. The summed E-state index contributed by atoms with van der Waals surface area (Å²) in [6, 6.07) is 2.15. The first kappa shape index (κ1) is 25.4. The van der Waals surface area contributed by atoms with Crippen molar-refractivity contribution in [2.45, 2.75) is 62.6 Å². The topological polar surface area (TPSA) is 118 Å². The number of carbonyl (C=O) groups is 3. The van der Waals surface area contributed by atoms with E-state index >= 15 is 0 Å². The number of nitrogens with one attached hydrogen (secondary N) is 3. The van der Waals surface area contributed by atoms with Gasteiger partial charge in [0, 0.05) is 30.3 Å². The lowest BCUT2D eigenvalue weighted by atomic mass is 9.71. The van der Waals surface area contributed by atoms with Crippen molar-refractivity contribution in [2.75, 3.05) is 6.54 Å². The van der Waals surface area contributed by atoms with Crippen LogP contribution >= 0.6 is 11.6 Å². The van der Waals surface area contributed by atoms with Gasteiger partial charge in [0.2, 0.25) is 11.8 Å². The Morgan fingerprint density at radius 2 is 2.08 bits per heavy atom. The molecular formula is C25H25ClF3N5O3. The van der Waals surface area contributed by atoms with E-state index in [0.29, 0.717) is 13.0 Å². The van der Waals surface area contributed by atoms with Crippen molar-refractivity contribution >= 4 is 40.2 Å². The minimum atomic E-state index is -3.18. The number of aromatic amines is 1. The van der Waals surface area contributed by atoms with Crippen molar-refractivity contribution in [3.63, 3.8) is 0 Å². The van der Waals surface area contributed by atoms with E-state index in [-0.39, 0.29) is 46.8 Å². The minimum Gasteiger partial charge on any atom is -0.356 e. The van der Waals surface area contributed by atoms with Gasteiger partial charge in [-0.25, -0.2) is 13.2 Å². The van der Waals surface area contributed by atoms with E-state index in [9.17, 15) is 32.8 Å². The molecule has 37 heavy (non-hydrogen) atoms. The van der Waals surface area contributed by atoms with Gasteiger partial charge in [0.1, 0.15) is 23.6 Å². The van der Waals surface area contributed by atoms with Gasteiger partial charge >= 0.3 is 0 Å². The normalized spacial score (nSPS) is 27.4. The Kier molecular flexibility index (Phi) is 6.56. The van der Waals surface area contributed by atoms with E-state index < -0.39 is 59.9 Å². The number of alkyl halides is 2. The van der Waals surface area contributed by atoms with Crippen molar-refractivity contribution in [3.8, 4) is 6.07 Å². The Labute approximate surface area is 215 Å². The maximum Gasteiger partial charge on any atom is 0.271 e. The molecule has 12 heteroatoms. The molecule has 4 aliphatic rings. The molecule has 3 saturated heterocycles. The molecule has 8 nitrogen and oxygen atoms in total. The van der Waals surface area contributed by atoms with Crippen LogP contribution in [-0.2, 0) is 9.59 Å². The average molecular weight is 536 g/mol. The van der Waals surface area contributed by atoms with Crippen LogP contribution in [0.3, 0.4) is 0 Å². The first-order chi connectivity index (χ1) is 17.6. The van der Waals surface area contributed by atoms with Gasteiger partial charge in [0.15, 0.2) is 0 Å². The maximum atomic E-state index is 15.0. The molecule has 3 amide bonds. The molecule has 2 bridgehead atoms. The number of H-pyrrole nitrogens is 1. The summed E-state index contributed by atoms with van der Waals surface area (Å²) in [4.78, 5) is 43.1. The number of piperidine rings is 3. The minimum absolute atomic E-state index is 0.0366. The van der Waals surface area contributed by atoms with E-state index in [1.807, 2.05) is 6.07 Å². The standard InChI is InChI=1S/C25H25ClF3N5O3/c26-17-5-6-18(27)15-9-19(33-20(15)17)24(37)34-14-3-4-16(25(28,29)10-14)21(34)23(36)32-13(11-30)8-12-2-1-7-31-22(12)35/h5-6,9,12-14,16,21,33H,1-4,7-8,10H2,(H,31,35)(H,32,36). The summed E-state index contributed by atoms with van der Waals surface area (Å²) < 4.78 is 44.2. The lowest BCUT2D eigenvalue weighted by molar-refractivity contribution is -0.179. The number of nitrogens with zero attached hydrogens (tertiary/aromatic N) is 2. The van der Waals surface area contributed by atoms with Gasteiger partial charge in [0.25, 0.3) is 11.8 Å². The third-order valence-electron chi connectivity index (χ3n) is 7.75. The Morgan fingerprint density at radius 1 is 1.30 bits per heavy atom. The molecule has 5 atom stereocenters. The van der Waals surface area contributed by atoms with Gasteiger partial charge in [-0.15, -0.1) is 0 Å². The zero-order chi connectivity index (χ0) is 26.5. The van der Waals surface area contributed by atoms with Crippen molar-refractivity contribution in [3.05, 3.63) is 34.7 Å². The molecular weight excluding hydrogens is 511 g/mol. The lowest BCUT2D eigenvalue weighted by Gasteiger charge is -2.53. The summed E-state index contributed by atoms with van der Waals surface area (Å²) in [5, 5.41) is 15.1. The number of fused-ring (bicyclic) bond motifs is 4. The Bertz CT molecular complexity index is 1270. The number of hydrogen-bond acceptors (Lipinski definition) is 4. The Morgan fingerprint density at radius 3 is 2.76 bits per heavy atom. The zero-order valence-corrected chi connectivity index (χ0v) is 20.5. The summed E-state index contributed by atoms with van der Waals surface area (Å²) in [5.74, 6) is -7.52. The number of rotatable bonds is 5. The number of halogens is 4. The van der Waals surface area contributed by atoms with Crippen molar-refractivity contribution in [2.24, 2.45) is 11.8 Å². The second kappa shape index (κ2) is 9.56. The Balaban J connectivity index is 1.43. The smallest absolute Gasteiger partial charge is 0.271 e. The highest BCUT2D eigenvalue weighted by Crippen LogP contribution is 2.49. The quantitative estimate of drug-likeness (QED) is 0.543. The predicted octanol–water partition coefficient (Wildman–Crippen LogP) is 3.51. The van der Waals surface area contributed by atoms with Crippen LogP contribution in [0.2, 0.25) is 5.02 Å². The highest BCUT2D eigenvalue weighted by atomic mass is 35.5. The van der Waals surface area contributed by atoms with Crippen molar-refractivity contribution in [1.82, 2.24) is 20.5 Å². The maximum absolute atomic E-state index is 15.0. The summed E-state index contributed by atoms with van der Waals surface area (Å²) >= 11 is 6.13.